The molecule has 0 N–H and O–H groups in total. The average molecular weight is 220 g/mol. The van der Waals surface area contributed by atoms with Crippen LogP contribution in [0.5, 0.6) is 0 Å². The van der Waals surface area contributed by atoms with E-state index in [0.717, 1.165) is 11.8 Å². The third-order valence-corrected chi connectivity index (χ3v) is 5.38. The highest BCUT2D eigenvalue weighted by molar-refractivity contribution is 6.18. The van der Waals surface area contributed by atoms with Crippen LogP contribution in [0.2, 0.25) is 6.32 Å². The Bertz CT molecular complexity index is 285. The summed E-state index contributed by atoms with van der Waals surface area (Å²) in [5, 5.41) is 0. The van der Waals surface area contributed by atoms with Crippen LogP contribution in [0.4, 0.5) is 0 Å². The van der Waals surface area contributed by atoms with Gasteiger partial charge in [0, 0.05) is 6.32 Å². The second-order valence-electron chi connectivity index (χ2n) is 6.32. The van der Waals surface area contributed by atoms with Gasteiger partial charge in [-0.2, -0.15) is 0 Å². The summed E-state index contributed by atoms with van der Waals surface area (Å²) >= 11 is 0. The molecule has 0 aliphatic heterocycles. The molecule has 0 heterocycles. The standard InChI is InChI=1S/C13H21BO2/c1-13(16-12(15)7-14)10-3-8-2-9(5-10)6-11(13)4-8/h8-11H,2-7,14H2,1H3. The number of ether oxygens (including phenoxy) is 1. The van der Waals surface area contributed by atoms with Crippen molar-refractivity contribution in [1.29, 1.82) is 0 Å². The van der Waals surface area contributed by atoms with Crippen LogP contribution in [0.3, 0.4) is 0 Å². The first kappa shape index (κ1) is 10.7. The van der Waals surface area contributed by atoms with Crippen LogP contribution in [0.25, 0.3) is 0 Å². The molecular weight excluding hydrogens is 199 g/mol. The summed E-state index contributed by atoms with van der Waals surface area (Å²) in [6.07, 6.45) is 7.19. The molecule has 4 aliphatic rings. The SMILES string of the molecule is BCC(=O)OC1(C)C2CC3CC(C2)CC1C3. The van der Waals surface area contributed by atoms with Gasteiger partial charge in [0.2, 0.25) is 0 Å². The zero-order valence-electron chi connectivity index (χ0n) is 10.4. The minimum Gasteiger partial charge on any atom is -0.459 e. The lowest BCUT2D eigenvalue weighted by Crippen LogP contribution is -2.57. The predicted octanol–water partition coefficient (Wildman–Crippen LogP) is 1.80. The first-order chi connectivity index (χ1) is 7.61. The number of hydrogen-bond acceptors (Lipinski definition) is 2. The smallest absolute Gasteiger partial charge is 0.298 e. The summed E-state index contributed by atoms with van der Waals surface area (Å²) in [7, 11) is 1.89. The third kappa shape index (κ3) is 1.43. The summed E-state index contributed by atoms with van der Waals surface area (Å²) in [4.78, 5) is 11.6. The molecular formula is C13H21BO2. The van der Waals surface area contributed by atoms with Gasteiger partial charge in [-0.25, -0.2) is 0 Å². The Morgan fingerprint density at radius 3 is 2.12 bits per heavy atom. The van der Waals surface area contributed by atoms with Crippen LogP contribution in [-0.4, -0.2) is 19.4 Å². The van der Waals surface area contributed by atoms with E-state index in [-0.39, 0.29) is 11.6 Å². The molecule has 0 spiro atoms. The molecule has 0 radical (unpaired) electrons. The van der Waals surface area contributed by atoms with Crippen LogP contribution in [0.15, 0.2) is 0 Å². The lowest BCUT2D eigenvalue weighted by Gasteiger charge is -2.59. The summed E-state index contributed by atoms with van der Waals surface area (Å²) in [6.45, 7) is 2.20. The first-order valence-corrected chi connectivity index (χ1v) is 6.83. The summed E-state index contributed by atoms with van der Waals surface area (Å²) in [5.41, 5.74) is -0.124. The maximum absolute atomic E-state index is 11.6. The largest absolute Gasteiger partial charge is 0.459 e. The summed E-state index contributed by atoms with van der Waals surface area (Å²) in [6, 6.07) is 0. The molecule has 0 saturated heterocycles. The van der Waals surface area contributed by atoms with E-state index in [0.29, 0.717) is 18.2 Å². The van der Waals surface area contributed by atoms with Crippen LogP contribution < -0.4 is 0 Å². The number of rotatable bonds is 2. The van der Waals surface area contributed by atoms with Gasteiger partial charge in [-0.1, -0.05) is 0 Å². The van der Waals surface area contributed by atoms with Gasteiger partial charge in [0.15, 0.2) is 0 Å². The van der Waals surface area contributed by atoms with Crippen molar-refractivity contribution < 1.29 is 9.53 Å². The molecule has 4 rings (SSSR count). The van der Waals surface area contributed by atoms with Crippen molar-refractivity contribution in [1.82, 2.24) is 0 Å². The molecule has 2 nitrogen and oxygen atoms in total. The minimum atomic E-state index is -0.124. The lowest BCUT2D eigenvalue weighted by molar-refractivity contribution is -0.201. The molecule has 0 amide bonds. The van der Waals surface area contributed by atoms with Gasteiger partial charge >= 0.3 is 0 Å². The molecule has 4 bridgehead atoms. The topological polar surface area (TPSA) is 26.3 Å². The molecule has 0 aromatic heterocycles. The van der Waals surface area contributed by atoms with Gasteiger partial charge in [0.1, 0.15) is 13.4 Å². The molecule has 16 heavy (non-hydrogen) atoms. The highest BCUT2D eigenvalue weighted by Crippen LogP contribution is 2.59. The van der Waals surface area contributed by atoms with E-state index >= 15 is 0 Å². The maximum atomic E-state index is 11.6. The predicted molar refractivity (Wildman–Crippen MR) is 64.9 cm³/mol. The minimum absolute atomic E-state index is 0.00465. The lowest BCUT2D eigenvalue weighted by atomic mass is 9.50. The average Bonchev–Trinajstić information content (AvgIpc) is 2.25. The van der Waals surface area contributed by atoms with Crippen molar-refractivity contribution in [3.05, 3.63) is 0 Å². The highest BCUT2D eigenvalue weighted by Gasteiger charge is 2.56. The number of carbonyl (C=O) groups is 1. The van der Waals surface area contributed by atoms with Crippen LogP contribution in [-0.2, 0) is 9.53 Å². The van der Waals surface area contributed by atoms with Crippen LogP contribution >= 0.6 is 0 Å². The second-order valence-corrected chi connectivity index (χ2v) is 6.32. The Balaban J connectivity index is 1.82. The van der Waals surface area contributed by atoms with E-state index in [1.807, 2.05) is 7.85 Å². The van der Waals surface area contributed by atoms with Crippen molar-refractivity contribution in [3.8, 4) is 0 Å². The van der Waals surface area contributed by atoms with E-state index < -0.39 is 0 Å². The zero-order valence-corrected chi connectivity index (χ0v) is 10.4. The molecule has 88 valence electrons. The van der Waals surface area contributed by atoms with Crippen LogP contribution in [0, 0.1) is 23.7 Å². The maximum Gasteiger partial charge on any atom is 0.298 e. The Morgan fingerprint density at radius 1 is 1.19 bits per heavy atom. The normalized spacial score (nSPS) is 49.3. The van der Waals surface area contributed by atoms with Gasteiger partial charge < -0.3 is 4.74 Å². The third-order valence-electron chi connectivity index (χ3n) is 5.38. The molecule has 0 aromatic rings. The summed E-state index contributed by atoms with van der Waals surface area (Å²) < 4.78 is 5.82. The fraction of sp³-hybridized carbons (Fsp3) is 0.923. The molecule has 0 aromatic carbocycles. The first-order valence-electron chi connectivity index (χ1n) is 6.83. The van der Waals surface area contributed by atoms with Crippen molar-refractivity contribution in [2.75, 3.05) is 0 Å². The van der Waals surface area contributed by atoms with Crippen molar-refractivity contribution in [3.63, 3.8) is 0 Å². The van der Waals surface area contributed by atoms with Gasteiger partial charge in [0.25, 0.3) is 5.97 Å². The number of carbonyl (C=O) groups excluding carboxylic acids is 1. The van der Waals surface area contributed by atoms with E-state index in [2.05, 4.69) is 6.92 Å². The van der Waals surface area contributed by atoms with Gasteiger partial charge in [0.05, 0.1) is 0 Å². The van der Waals surface area contributed by atoms with E-state index in [1.54, 1.807) is 0 Å². The zero-order chi connectivity index (χ0) is 11.3. The molecule has 4 fully saturated rings. The molecule has 4 aliphatic carbocycles. The Kier molecular flexibility index (Phi) is 2.34. The van der Waals surface area contributed by atoms with Crippen molar-refractivity contribution in [2.45, 2.75) is 50.9 Å². The van der Waals surface area contributed by atoms with Crippen molar-refractivity contribution >= 4 is 13.8 Å². The Labute approximate surface area is 98.5 Å². The van der Waals surface area contributed by atoms with Crippen LogP contribution in [0.1, 0.15) is 39.0 Å². The second kappa shape index (κ2) is 3.51. The van der Waals surface area contributed by atoms with E-state index in [1.165, 1.54) is 32.1 Å². The highest BCUT2D eigenvalue weighted by atomic mass is 16.6. The quantitative estimate of drug-likeness (QED) is 0.524. The monoisotopic (exact) mass is 220 g/mol. The van der Waals surface area contributed by atoms with Gasteiger partial charge in [-0.3, -0.25) is 4.79 Å². The number of esters is 1. The van der Waals surface area contributed by atoms with E-state index in [9.17, 15) is 4.79 Å². The Morgan fingerprint density at radius 2 is 1.69 bits per heavy atom. The van der Waals surface area contributed by atoms with Gasteiger partial charge in [-0.05, 0) is 62.7 Å². The van der Waals surface area contributed by atoms with E-state index in [4.69, 9.17) is 4.74 Å². The summed E-state index contributed by atoms with van der Waals surface area (Å²) in [5.74, 6) is 3.18. The molecule has 0 atom stereocenters. The fourth-order valence-electron chi connectivity index (χ4n) is 4.60. The Hall–Kier alpha value is -0.465. The number of hydrogen-bond donors (Lipinski definition) is 0. The van der Waals surface area contributed by atoms with Gasteiger partial charge in [-0.15, -0.1) is 0 Å². The molecule has 3 heteroatoms. The molecule has 0 unspecified atom stereocenters. The van der Waals surface area contributed by atoms with Crippen molar-refractivity contribution in [2.24, 2.45) is 23.7 Å². The fourth-order valence-corrected chi connectivity index (χ4v) is 4.60. The molecule has 4 saturated carbocycles.